The molecular weight excluding hydrogens is 481 g/mol. The second-order valence-corrected chi connectivity index (χ2v) is 8.99. The van der Waals surface area contributed by atoms with Crippen LogP contribution in [-0.4, -0.2) is 54.4 Å². The van der Waals surface area contributed by atoms with E-state index in [4.69, 9.17) is 13.8 Å². The highest BCUT2D eigenvalue weighted by Crippen LogP contribution is 2.52. The molecule has 5 unspecified atom stereocenters. The van der Waals surface area contributed by atoms with Gasteiger partial charge in [-0.25, -0.2) is 19.5 Å². The summed E-state index contributed by atoms with van der Waals surface area (Å²) in [6.07, 6.45) is -2.51. The van der Waals surface area contributed by atoms with Crippen LogP contribution in [0, 0.1) is 0 Å². The first-order valence-electron chi connectivity index (χ1n) is 9.08. The summed E-state index contributed by atoms with van der Waals surface area (Å²) in [5.41, 5.74) is 1.98. The van der Waals surface area contributed by atoms with Crippen LogP contribution in [0.1, 0.15) is 11.8 Å². The van der Waals surface area contributed by atoms with E-state index in [-0.39, 0.29) is 6.61 Å². The zero-order valence-electron chi connectivity index (χ0n) is 15.3. The third-order valence-corrected chi connectivity index (χ3v) is 6.50. The summed E-state index contributed by atoms with van der Waals surface area (Å²) in [6, 6.07) is 9.83. The first kappa shape index (κ1) is 20.0. The number of aliphatic hydroxyl groups is 1. The van der Waals surface area contributed by atoms with E-state index in [1.807, 2.05) is 30.3 Å². The number of phosphoric acid groups is 1. The highest BCUT2D eigenvalue weighted by Gasteiger charge is 2.53. The summed E-state index contributed by atoms with van der Waals surface area (Å²) < 4.78 is 29.3. The lowest BCUT2D eigenvalue weighted by atomic mass is 10.1. The molecular formula is C17H17BrN5O6P. The number of anilines is 1. The molecule has 3 aromatic rings. The molecule has 11 nitrogen and oxygen atoms in total. The predicted molar refractivity (Wildman–Crippen MR) is 107 cm³/mol. The van der Waals surface area contributed by atoms with Gasteiger partial charge in [0.2, 0.25) is 0 Å². The van der Waals surface area contributed by atoms with Crippen molar-refractivity contribution in [2.45, 2.75) is 31.1 Å². The average molecular weight is 498 g/mol. The van der Waals surface area contributed by atoms with Gasteiger partial charge in [0.15, 0.2) is 27.9 Å². The van der Waals surface area contributed by atoms with Crippen molar-refractivity contribution in [3.8, 4) is 0 Å². The topological polar surface area (TPSA) is 141 Å². The van der Waals surface area contributed by atoms with Gasteiger partial charge in [-0.2, -0.15) is 0 Å². The highest BCUT2D eigenvalue weighted by molar-refractivity contribution is 9.10. The van der Waals surface area contributed by atoms with E-state index in [0.29, 0.717) is 28.3 Å². The molecule has 2 aliphatic heterocycles. The Morgan fingerprint density at radius 1 is 1.30 bits per heavy atom. The lowest BCUT2D eigenvalue weighted by Crippen LogP contribution is -2.39. The Kier molecular flexibility index (Phi) is 5.10. The van der Waals surface area contributed by atoms with E-state index < -0.39 is 32.4 Å². The Labute approximate surface area is 178 Å². The molecule has 2 saturated heterocycles. The van der Waals surface area contributed by atoms with Gasteiger partial charge >= 0.3 is 7.82 Å². The zero-order valence-corrected chi connectivity index (χ0v) is 17.8. The normalized spacial score (nSPS) is 31.0. The van der Waals surface area contributed by atoms with Crippen LogP contribution in [-0.2, 0) is 24.9 Å². The molecule has 2 aromatic heterocycles. The quantitative estimate of drug-likeness (QED) is 0.361. The van der Waals surface area contributed by atoms with Gasteiger partial charge in [0, 0.05) is 6.54 Å². The zero-order chi connectivity index (χ0) is 20.9. The van der Waals surface area contributed by atoms with Crippen LogP contribution < -0.4 is 5.32 Å². The van der Waals surface area contributed by atoms with Gasteiger partial charge in [0.05, 0.1) is 6.61 Å². The molecule has 2 fully saturated rings. The van der Waals surface area contributed by atoms with Crippen molar-refractivity contribution in [2.75, 3.05) is 11.9 Å². The van der Waals surface area contributed by atoms with Crippen molar-refractivity contribution >= 4 is 40.7 Å². The number of aliphatic hydroxyl groups excluding tert-OH is 1. The van der Waals surface area contributed by atoms with Crippen LogP contribution in [0.15, 0.2) is 41.4 Å². The molecule has 5 rings (SSSR count). The molecule has 1 aromatic carbocycles. The van der Waals surface area contributed by atoms with Gasteiger partial charge < -0.3 is 20.1 Å². The molecule has 158 valence electrons. The number of benzene rings is 1. The number of nitrogens with one attached hydrogen (secondary N) is 1. The maximum Gasteiger partial charge on any atom is 0.472 e. The number of hydrogen-bond acceptors (Lipinski definition) is 9. The van der Waals surface area contributed by atoms with Gasteiger partial charge in [-0.15, -0.1) is 0 Å². The molecule has 13 heteroatoms. The SMILES string of the molecule is O=P1(O)OCC2OC(n3c(Br)nc4c(NCc5ccccc5)ncnc43)C(O)C2O1. The van der Waals surface area contributed by atoms with Crippen LogP contribution in [0.4, 0.5) is 5.82 Å². The predicted octanol–water partition coefficient (Wildman–Crippen LogP) is 1.97. The molecule has 0 radical (unpaired) electrons. The number of nitrogens with zero attached hydrogens (tertiary/aromatic N) is 4. The molecule has 0 spiro atoms. The summed E-state index contributed by atoms with van der Waals surface area (Å²) in [4.78, 5) is 22.6. The number of halogens is 1. The molecule has 3 N–H and O–H groups in total. The van der Waals surface area contributed by atoms with E-state index in [1.165, 1.54) is 6.33 Å². The van der Waals surface area contributed by atoms with E-state index in [0.717, 1.165) is 5.56 Å². The van der Waals surface area contributed by atoms with E-state index in [9.17, 15) is 14.6 Å². The van der Waals surface area contributed by atoms with Gasteiger partial charge in [0.1, 0.15) is 24.6 Å². The molecule has 0 saturated carbocycles. The van der Waals surface area contributed by atoms with Crippen molar-refractivity contribution in [3.05, 3.63) is 47.0 Å². The minimum Gasteiger partial charge on any atom is -0.386 e. The maximum absolute atomic E-state index is 11.7. The molecule has 0 bridgehead atoms. The van der Waals surface area contributed by atoms with Crippen LogP contribution in [0.2, 0.25) is 0 Å². The Morgan fingerprint density at radius 3 is 2.90 bits per heavy atom. The third kappa shape index (κ3) is 3.54. The van der Waals surface area contributed by atoms with Gasteiger partial charge in [0.25, 0.3) is 0 Å². The first-order chi connectivity index (χ1) is 14.4. The molecule has 4 heterocycles. The van der Waals surface area contributed by atoms with Crippen LogP contribution >= 0.6 is 23.8 Å². The highest BCUT2D eigenvalue weighted by atomic mass is 79.9. The van der Waals surface area contributed by atoms with Crippen LogP contribution in [0.25, 0.3) is 11.2 Å². The minimum absolute atomic E-state index is 0.172. The van der Waals surface area contributed by atoms with Crippen molar-refractivity contribution in [3.63, 3.8) is 0 Å². The molecule has 0 aliphatic carbocycles. The van der Waals surface area contributed by atoms with Gasteiger partial charge in [-0.3, -0.25) is 13.6 Å². The second-order valence-electron chi connectivity index (χ2n) is 6.87. The number of fused-ring (bicyclic) bond motifs is 2. The van der Waals surface area contributed by atoms with Crippen LogP contribution in [0.3, 0.4) is 0 Å². The van der Waals surface area contributed by atoms with Gasteiger partial charge in [-0.1, -0.05) is 30.3 Å². The Morgan fingerprint density at radius 2 is 2.10 bits per heavy atom. The summed E-state index contributed by atoms with van der Waals surface area (Å²) in [6.45, 7) is 0.371. The molecule has 2 aliphatic rings. The van der Waals surface area contributed by atoms with Crippen molar-refractivity contribution in [2.24, 2.45) is 0 Å². The van der Waals surface area contributed by atoms with Crippen molar-refractivity contribution < 1.29 is 28.3 Å². The van der Waals surface area contributed by atoms with Crippen LogP contribution in [0.5, 0.6) is 0 Å². The second kappa shape index (κ2) is 7.65. The number of aromatic nitrogens is 4. The fraction of sp³-hybridized carbons (Fsp3) is 0.353. The Bertz CT molecular complexity index is 1130. The third-order valence-electron chi connectivity index (χ3n) is 4.96. The number of ether oxygens (including phenoxy) is 1. The Hall–Kier alpha value is -1.92. The summed E-state index contributed by atoms with van der Waals surface area (Å²) in [5, 5.41) is 14.0. The number of hydrogen-bond donors (Lipinski definition) is 3. The molecule has 5 atom stereocenters. The van der Waals surface area contributed by atoms with E-state index in [2.05, 4.69) is 36.2 Å². The standard InChI is InChI=1S/C17H17BrN5O6P/c18-17-22-11-14(19-6-9-4-2-1-3-5-9)20-8-21-15(11)23(17)16-12(24)13-10(28-16)7-27-30(25,26)29-13/h1-5,8,10,12-13,16,24H,6-7H2,(H,25,26)(H,19,20,21). The monoisotopic (exact) mass is 497 g/mol. The van der Waals surface area contributed by atoms with Crippen molar-refractivity contribution in [1.29, 1.82) is 0 Å². The van der Waals surface area contributed by atoms with E-state index >= 15 is 0 Å². The van der Waals surface area contributed by atoms with Crippen molar-refractivity contribution in [1.82, 2.24) is 19.5 Å². The lowest BCUT2D eigenvalue weighted by Gasteiger charge is -2.27. The van der Waals surface area contributed by atoms with E-state index in [1.54, 1.807) is 4.57 Å². The summed E-state index contributed by atoms with van der Waals surface area (Å²) in [5.74, 6) is 0.521. The molecule has 30 heavy (non-hydrogen) atoms. The fourth-order valence-corrected chi connectivity index (χ4v) is 5.08. The average Bonchev–Trinajstić information content (AvgIpc) is 3.22. The largest absolute Gasteiger partial charge is 0.472 e. The fourth-order valence-electron chi connectivity index (χ4n) is 3.57. The lowest BCUT2D eigenvalue weighted by molar-refractivity contribution is -0.0669. The Balaban J connectivity index is 1.46. The first-order valence-corrected chi connectivity index (χ1v) is 11.4. The number of rotatable bonds is 4. The number of phosphoric ester groups is 1. The smallest absolute Gasteiger partial charge is 0.386 e. The maximum atomic E-state index is 11.7. The minimum atomic E-state index is -4.22. The number of imidazole rings is 1. The summed E-state index contributed by atoms with van der Waals surface area (Å²) in [7, 11) is -4.22. The summed E-state index contributed by atoms with van der Waals surface area (Å²) >= 11 is 3.39. The molecule has 0 amide bonds. The van der Waals surface area contributed by atoms with Gasteiger partial charge in [-0.05, 0) is 21.5 Å².